The van der Waals surface area contributed by atoms with Gasteiger partial charge in [0, 0.05) is 30.2 Å². The van der Waals surface area contributed by atoms with Crippen LogP contribution in [0.5, 0.6) is 0 Å². The van der Waals surface area contributed by atoms with Crippen LogP contribution in [0.4, 0.5) is 11.4 Å². The van der Waals surface area contributed by atoms with E-state index in [4.69, 9.17) is 21.4 Å². The Bertz CT molecular complexity index is 1540. The van der Waals surface area contributed by atoms with Crippen LogP contribution >= 0.6 is 12.2 Å². The highest BCUT2D eigenvalue weighted by atomic mass is 32.1. The van der Waals surface area contributed by atoms with Gasteiger partial charge >= 0.3 is 5.97 Å². The first kappa shape index (κ1) is 26.1. The molecule has 1 amide bonds. The number of hydrogen-bond acceptors (Lipinski definition) is 6. The van der Waals surface area contributed by atoms with Gasteiger partial charge in [0.1, 0.15) is 24.2 Å². The zero-order valence-corrected chi connectivity index (χ0v) is 22.1. The Hall–Kier alpha value is -4.54. The number of aromatic carboxylic acids is 1. The summed E-state index contributed by atoms with van der Waals surface area (Å²) >= 11 is 5.79. The van der Waals surface area contributed by atoms with E-state index >= 15 is 0 Å². The highest BCUT2D eigenvalue weighted by molar-refractivity contribution is 7.80. The van der Waals surface area contributed by atoms with E-state index in [0.29, 0.717) is 27.9 Å². The number of benzene rings is 2. The van der Waals surface area contributed by atoms with Crippen LogP contribution < -0.4 is 15.5 Å². The molecule has 4 aromatic rings. The van der Waals surface area contributed by atoms with Gasteiger partial charge in [0.05, 0.1) is 17.3 Å². The summed E-state index contributed by atoms with van der Waals surface area (Å²) in [4.78, 5) is 30.4. The molecule has 3 heterocycles. The van der Waals surface area contributed by atoms with Gasteiger partial charge in [-0.1, -0.05) is 24.3 Å². The molecule has 0 bridgehead atoms. The van der Waals surface area contributed by atoms with Gasteiger partial charge in [-0.25, -0.2) is 4.79 Å². The summed E-state index contributed by atoms with van der Waals surface area (Å²) in [6.45, 7) is 1.86. The second-order valence-corrected chi connectivity index (χ2v) is 9.42. The van der Waals surface area contributed by atoms with E-state index in [9.17, 15) is 14.7 Å². The number of rotatable bonds is 8. The number of furan rings is 1. The predicted molar refractivity (Wildman–Crippen MR) is 151 cm³/mol. The summed E-state index contributed by atoms with van der Waals surface area (Å²) in [6.07, 6.45) is 1.72. The average Bonchev–Trinajstić information content (AvgIpc) is 3.55. The van der Waals surface area contributed by atoms with Gasteiger partial charge in [-0.2, -0.15) is 0 Å². The third kappa shape index (κ3) is 5.25. The minimum absolute atomic E-state index is 0.0407. The lowest BCUT2D eigenvalue weighted by Gasteiger charge is -2.27. The zero-order valence-electron chi connectivity index (χ0n) is 21.3. The molecule has 10 heteroatoms. The van der Waals surface area contributed by atoms with Crippen LogP contribution in [0.25, 0.3) is 11.3 Å². The van der Waals surface area contributed by atoms with E-state index in [1.807, 2.05) is 54.3 Å². The van der Waals surface area contributed by atoms with Crippen molar-refractivity contribution in [3.63, 3.8) is 0 Å². The topological polar surface area (TPSA) is 117 Å². The van der Waals surface area contributed by atoms with E-state index in [1.165, 1.54) is 7.11 Å². The Morgan fingerprint density at radius 1 is 1.13 bits per heavy atom. The number of carbonyl (C=O) groups is 2. The van der Waals surface area contributed by atoms with Crippen molar-refractivity contribution in [1.29, 1.82) is 0 Å². The van der Waals surface area contributed by atoms with Gasteiger partial charge in [-0.05, 0) is 73.2 Å². The van der Waals surface area contributed by atoms with Crippen molar-refractivity contribution in [2.24, 2.45) is 0 Å². The number of carboxylic acids is 1. The number of hydrogen-bond donors (Lipinski definition) is 3. The number of methoxy groups -OCH3 is 1. The second-order valence-electron chi connectivity index (χ2n) is 9.03. The normalized spacial score (nSPS) is 16.7. The molecule has 1 saturated heterocycles. The molecule has 0 spiro atoms. The Balaban J connectivity index is 1.56. The number of nitrogens with zero attached hydrogens (tertiary/aromatic N) is 2. The first-order valence-electron chi connectivity index (χ1n) is 12.2. The average molecular weight is 543 g/mol. The summed E-state index contributed by atoms with van der Waals surface area (Å²) in [7, 11) is 1.47. The molecule has 1 fully saturated rings. The van der Waals surface area contributed by atoms with Crippen LogP contribution in [0.3, 0.4) is 0 Å². The van der Waals surface area contributed by atoms with Crippen molar-refractivity contribution >= 4 is 40.6 Å². The lowest BCUT2D eigenvalue weighted by Crippen LogP contribution is -2.29. The van der Waals surface area contributed by atoms with E-state index in [-0.39, 0.29) is 24.1 Å². The molecule has 2 aromatic carbocycles. The number of pyridine rings is 1. The molecule has 0 aliphatic carbocycles. The lowest BCUT2D eigenvalue weighted by atomic mass is 10.0. The minimum atomic E-state index is -1.03. The predicted octanol–water partition coefficient (Wildman–Crippen LogP) is 5.11. The van der Waals surface area contributed by atoms with Crippen molar-refractivity contribution in [2.75, 3.05) is 23.9 Å². The number of carboxylic acid groups (broad SMARTS) is 1. The molecule has 2 atom stereocenters. The molecule has 1 aliphatic rings. The van der Waals surface area contributed by atoms with Crippen LogP contribution in [-0.2, 0) is 9.53 Å². The minimum Gasteiger partial charge on any atom is -0.478 e. The monoisotopic (exact) mass is 542 g/mol. The molecule has 3 N–H and O–H groups in total. The number of anilines is 2. The molecule has 0 unspecified atom stereocenters. The highest BCUT2D eigenvalue weighted by Crippen LogP contribution is 2.43. The van der Waals surface area contributed by atoms with Gasteiger partial charge in [0.25, 0.3) is 0 Å². The highest BCUT2D eigenvalue weighted by Gasteiger charge is 2.42. The number of ether oxygens (including phenoxy) is 1. The maximum Gasteiger partial charge on any atom is 0.336 e. The standard InChI is InChI=1S/C29H26N4O5S/c1-17-15-18(10-11-21(17)31-25(34)16-37-2)33-27(26(32-29(33)39)22-9-5-6-14-30-22)24-13-12-23(38-24)19-7-3-4-8-20(19)28(35)36/h3-15,26-27H,16H2,1-2H3,(H,31,34)(H,32,39)(H,35,36)/t26-,27-/m0/s1. The maximum atomic E-state index is 12.0. The van der Waals surface area contributed by atoms with Gasteiger partial charge in [0.15, 0.2) is 5.11 Å². The fraction of sp³-hybridized carbons (Fsp3) is 0.172. The number of nitrogens with one attached hydrogen (secondary N) is 2. The molecule has 198 valence electrons. The molecule has 9 nitrogen and oxygen atoms in total. The molecule has 0 radical (unpaired) electrons. The zero-order chi connectivity index (χ0) is 27.5. The summed E-state index contributed by atoms with van der Waals surface area (Å²) in [5.41, 5.74) is 3.71. The van der Waals surface area contributed by atoms with Gasteiger partial charge in [0.2, 0.25) is 5.91 Å². The first-order valence-corrected chi connectivity index (χ1v) is 12.6. The van der Waals surface area contributed by atoms with Crippen LogP contribution in [0.2, 0.25) is 0 Å². The fourth-order valence-corrected chi connectivity index (χ4v) is 5.06. The summed E-state index contributed by atoms with van der Waals surface area (Å²) in [5.74, 6) is -0.255. The van der Waals surface area contributed by atoms with Crippen molar-refractivity contribution in [3.05, 3.63) is 102 Å². The number of aryl methyl sites for hydroxylation is 1. The fourth-order valence-electron chi connectivity index (χ4n) is 4.72. The van der Waals surface area contributed by atoms with Crippen LogP contribution in [0.1, 0.15) is 39.5 Å². The van der Waals surface area contributed by atoms with Crippen LogP contribution in [0, 0.1) is 6.92 Å². The number of carbonyl (C=O) groups excluding carboxylic acids is 1. The third-order valence-corrected chi connectivity index (χ3v) is 6.79. The quantitative estimate of drug-likeness (QED) is 0.261. The van der Waals surface area contributed by atoms with Crippen molar-refractivity contribution < 1.29 is 23.8 Å². The molecule has 2 aromatic heterocycles. The number of thiocarbonyl (C=S) groups is 1. The Kier molecular flexibility index (Phi) is 7.40. The summed E-state index contributed by atoms with van der Waals surface area (Å²) < 4.78 is 11.2. The van der Waals surface area contributed by atoms with Crippen molar-refractivity contribution in [1.82, 2.24) is 10.3 Å². The molecular weight excluding hydrogens is 516 g/mol. The van der Waals surface area contributed by atoms with E-state index in [1.54, 1.807) is 36.5 Å². The van der Waals surface area contributed by atoms with Gasteiger partial charge in [-0.15, -0.1) is 0 Å². The largest absolute Gasteiger partial charge is 0.478 e. The summed E-state index contributed by atoms with van der Waals surface area (Å²) in [5, 5.41) is 16.4. The second kappa shape index (κ2) is 11.1. The number of amides is 1. The third-order valence-electron chi connectivity index (χ3n) is 6.48. The number of aromatic nitrogens is 1. The van der Waals surface area contributed by atoms with E-state index in [0.717, 1.165) is 16.9 Å². The van der Waals surface area contributed by atoms with Crippen molar-refractivity contribution in [2.45, 2.75) is 19.0 Å². The van der Waals surface area contributed by atoms with Gasteiger partial charge in [-0.3, -0.25) is 9.78 Å². The van der Waals surface area contributed by atoms with Crippen molar-refractivity contribution in [3.8, 4) is 11.3 Å². The lowest BCUT2D eigenvalue weighted by molar-refractivity contribution is -0.119. The Morgan fingerprint density at radius 3 is 2.64 bits per heavy atom. The first-order chi connectivity index (χ1) is 18.9. The van der Waals surface area contributed by atoms with Crippen LogP contribution in [-0.4, -0.2) is 40.8 Å². The smallest absolute Gasteiger partial charge is 0.336 e. The Labute approximate surface area is 230 Å². The molecule has 39 heavy (non-hydrogen) atoms. The van der Waals surface area contributed by atoms with E-state index in [2.05, 4.69) is 15.6 Å². The SMILES string of the molecule is COCC(=O)Nc1ccc(N2C(=S)N[C@@H](c3ccccn3)[C@@H]2c2ccc(-c3ccccc3C(=O)O)o2)cc1C. The molecule has 0 saturated carbocycles. The van der Waals surface area contributed by atoms with E-state index < -0.39 is 12.0 Å². The molecular formula is C29H26N4O5S. The van der Waals surface area contributed by atoms with Crippen LogP contribution in [0.15, 0.2) is 83.4 Å². The molecule has 5 rings (SSSR count). The Morgan fingerprint density at radius 2 is 1.92 bits per heavy atom. The summed E-state index contributed by atoms with van der Waals surface area (Å²) in [6, 6.07) is 20.9. The van der Waals surface area contributed by atoms with Gasteiger partial charge < -0.3 is 29.8 Å². The molecule has 1 aliphatic heterocycles. The maximum absolute atomic E-state index is 12.0.